The Labute approximate surface area is 243 Å². The highest BCUT2D eigenvalue weighted by molar-refractivity contribution is 5.89. The van der Waals surface area contributed by atoms with Gasteiger partial charge in [0.25, 0.3) is 0 Å². The molecular formula is C35H44NO5+. The molecule has 0 radical (unpaired) electrons. The Morgan fingerprint density at radius 1 is 0.927 bits per heavy atom. The highest BCUT2D eigenvalue weighted by Crippen LogP contribution is 2.75. The van der Waals surface area contributed by atoms with E-state index in [0.717, 1.165) is 38.9 Å². The second-order valence-electron chi connectivity index (χ2n) is 14.3. The summed E-state index contributed by atoms with van der Waals surface area (Å²) in [5, 5.41) is 11.9. The molecule has 41 heavy (non-hydrogen) atoms. The zero-order chi connectivity index (χ0) is 28.4. The molecule has 1 unspecified atom stereocenters. The van der Waals surface area contributed by atoms with Crippen molar-refractivity contribution in [2.24, 2.45) is 39.9 Å². The maximum Gasteiger partial charge on any atom is 0.338 e. The first-order valence-electron chi connectivity index (χ1n) is 15.8. The van der Waals surface area contributed by atoms with E-state index in [1.54, 1.807) is 12.1 Å². The summed E-state index contributed by atoms with van der Waals surface area (Å²) in [5.74, 6) is 1.01. The van der Waals surface area contributed by atoms with Gasteiger partial charge in [0.15, 0.2) is 0 Å². The molecule has 218 valence electrons. The van der Waals surface area contributed by atoms with Crippen molar-refractivity contribution in [1.29, 1.82) is 0 Å². The average molecular weight is 559 g/mol. The average Bonchev–Trinajstić information content (AvgIpc) is 3.50. The molecule has 7 rings (SSSR count). The monoisotopic (exact) mass is 558 g/mol. The number of fused-ring (bicyclic) bond motifs is 1. The summed E-state index contributed by atoms with van der Waals surface area (Å²) >= 11 is 0. The van der Waals surface area contributed by atoms with Crippen molar-refractivity contribution in [3.05, 3.63) is 71.8 Å². The standard InChI is InChI=1S/C35H43NO5/c1-23-26-18-28-34-15-9-14-33(2,21-36(22-34)16-17-40-31(38)24-10-5-3-6-11-24)27(34)19-29(35(28,20-26)30(23)37)41-32(39)25-12-7-4-8-13-25/h3-8,10-13,23,26-30,37H,9,14-22H2,1-2H3/p+1/t23-,26-,27+,28-,29-,30+,33-,34-,35+/m0/s1. The quantitative estimate of drug-likeness (QED) is 0.520. The van der Waals surface area contributed by atoms with Crippen LogP contribution in [0.1, 0.15) is 73.1 Å². The Hall–Kier alpha value is -2.70. The number of esters is 2. The number of hydrogen-bond donors (Lipinski definition) is 2. The molecule has 4 aliphatic carbocycles. The Bertz CT molecular complexity index is 1300. The first-order chi connectivity index (χ1) is 19.8. The predicted octanol–water partition coefficient (Wildman–Crippen LogP) is 4.19. The van der Waals surface area contributed by atoms with Gasteiger partial charge in [0.05, 0.1) is 30.3 Å². The van der Waals surface area contributed by atoms with Gasteiger partial charge in [-0.3, -0.25) is 0 Å². The molecule has 4 bridgehead atoms. The molecule has 6 nitrogen and oxygen atoms in total. The smallest absolute Gasteiger partial charge is 0.338 e. The van der Waals surface area contributed by atoms with Crippen LogP contribution in [-0.2, 0) is 9.47 Å². The lowest BCUT2D eigenvalue weighted by Gasteiger charge is -2.68. The van der Waals surface area contributed by atoms with Crippen LogP contribution in [-0.4, -0.2) is 55.5 Å². The van der Waals surface area contributed by atoms with Gasteiger partial charge in [-0.15, -0.1) is 0 Å². The molecule has 1 heterocycles. The van der Waals surface area contributed by atoms with E-state index in [0.29, 0.717) is 35.5 Å². The lowest BCUT2D eigenvalue weighted by Crippen LogP contribution is -3.17. The lowest BCUT2D eigenvalue weighted by molar-refractivity contribution is -0.926. The van der Waals surface area contributed by atoms with Crippen molar-refractivity contribution in [2.75, 3.05) is 26.2 Å². The number of quaternary nitrogens is 1. The Kier molecular flexibility index (Phi) is 6.59. The highest BCUT2D eigenvalue weighted by atomic mass is 16.5. The molecule has 2 N–H and O–H groups in total. The summed E-state index contributed by atoms with van der Waals surface area (Å²) in [6.45, 7) is 7.97. The second kappa shape index (κ2) is 9.95. The van der Waals surface area contributed by atoms with Crippen molar-refractivity contribution >= 4 is 11.9 Å². The number of rotatable bonds is 6. The lowest BCUT2D eigenvalue weighted by atomic mass is 9.39. The number of piperidine rings is 1. The number of aliphatic hydroxyl groups excluding tert-OH is 1. The number of ether oxygens (including phenoxy) is 2. The third-order valence-electron chi connectivity index (χ3n) is 12.5. The minimum Gasteiger partial charge on any atom is -0.458 e. The highest BCUT2D eigenvalue weighted by Gasteiger charge is 2.77. The van der Waals surface area contributed by atoms with Gasteiger partial charge >= 0.3 is 11.9 Å². The Morgan fingerprint density at radius 3 is 2.29 bits per heavy atom. The number of aliphatic hydroxyl groups is 1. The van der Waals surface area contributed by atoms with Gasteiger partial charge in [-0.25, -0.2) is 9.59 Å². The van der Waals surface area contributed by atoms with E-state index in [1.807, 2.05) is 48.5 Å². The fourth-order valence-electron chi connectivity index (χ4n) is 10.9. The Balaban J connectivity index is 1.16. The van der Waals surface area contributed by atoms with Gasteiger partial charge in [-0.2, -0.15) is 0 Å². The number of hydrogen-bond acceptors (Lipinski definition) is 5. The zero-order valence-electron chi connectivity index (χ0n) is 24.4. The van der Waals surface area contributed by atoms with Crippen LogP contribution >= 0.6 is 0 Å². The maximum atomic E-state index is 13.4. The van der Waals surface area contributed by atoms with Crippen LogP contribution < -0.4 is 4.90 Å². The van der Waals surface area contributed by atoms with Crippen LogP contribution in [0, 0.1) is 39.9 Å². The molecule has 2 aromatic carbocycles. The van der Waals surface area contributed by atoms with Crippen LogP contribution in [0.2, 0.25) is 0 Å². The first kappa shape index (κ1) is 27.2. The van der Waals surface area contributed by atoms with E-state index in [1.165, 1.54) is 24.2 Å². The minimum absolute atomic E-state index is 0.121. The van der Waals surface area contributed by atoms with Crippen molar-refractivity contribution in [2.45, 2.75) is 64.6 Å². The molecule has 0 amide bonds. The van der Waals surface area contributed by atoms with Gasteiger partial charge < -0.3 is 19.5 Å². The van der Waals surface area contributed by atoms with Crippen molar-refractivity contribution in [3.63, 3.8) is 0 Å². The molecule has 4 saturated carbocycles. The molecule has 5 fully saturated rings. The molecule has 2 aromatic rings. The molecular weight excluding hydrogens is 514 g/mol. The van der Waals surface area contributed by atoms with Crippen LogP contribution in [0.15, 0.2) is 60.7 Å². The fourth-order valence-corrected chi connectivity index (χ4v) is 10.9. The summed E-state index contributed by atoms with van der Waals surface area (Å²) in [4.78, 5) is 27.5. The summed E-state index contributed by atoms with van der Waals surface area (Å²) in [6, 6.07) is 18.6. The summed E-state index contributed by atoms with van der Waals surface area (Å²) in [7, 11) is 0. The molecule has 10 atom stereocenters. The summed E-state index contributed by atoms with van der Waals surface area (Å²) in [5.41, 5.74) is 1.07. The topological polar surface area (TPSA) is 77.3 Å². The number of carbonyl (C=O) groups excluding carboxylic acids is 2. The van der Waals surface area contributed by atoms with E-state index in [-0.39, 0.29) is 40.2 Å². The van der Waals surface area contributed by atoms with Crippen LogP contribution in [0.4, 0.5) is 0 Å². The number of nitrogens with one attached hydrogen (secondary N) is 1. The van der Waals surface area contributed by atoms with E-state index in [2.05, 4.69) is 13.8 Å². The minimum atomic E-state index is -0.444. The van der Waals surface area contributed by atoms with Gasteiger partial charge in [-0.1, -0.05) is 56.7 Å². The van der Waals surface area contributed by atoms with Crippen molar-refractivity contribution in [1.82, 2.24) is 0 Å². The van der Waals surface area contributed by atoms with Gasteiger partial charge in [0.1, 0.15) is 19.3 Å². The predicted molar refractivity (Wildman–Crippen MR) is 154 cm³/mol. The Morgan fingerprint density at radius 2 is 1.61 bits per heavy atom. The van der Waals surface area contributed by atoms with Crippen LogP contribution in [0.5, 0.6) is 0 Å². The van der Waals surface area contributed by atoms with E-state index in [4.69, 9.17) is 9.47 Å². The zero-order valence-corrected chi connectivity index (χ0v) is 24.4. The van der Waals surface area contributed by atoms with Crippen LogP contribution in [0.25, 0.3) is 0 Å². The molecule has 5 aliphatic rings. The van der Waals surface area contributed by atoms with Crippen molar-refractivity contribution < 1.29 is 29.1 Å². The number of carbonyl (C=O) groups is 2. The third kappa shape index (κ3) is 4.11. The van der Waals surface area contributed by atoms with Gasteiger partial charge in [0.2, 0.25) is 0 Å². The number of likely N-dealkylation sites (tertiary alicyclic amines) is 1. The van der Waals surface area contributed by atoms with Crippen molar-refractivity contribution in [3.8, 4) is 0 Å². The van der Waals surface area contributed by atoms with Gasteiger partial charge in [-0.05, 0) is 80.0 Å². The molecule has 6 heteroatoms. The number of benzene rings is 2. The maximum absolute atomic E-state index is 13.4. The first-order valence-corrected chi connectivity index (χ1v) is 15.8. The van der Waals surface area contributed by atoms with Gasteiger partial charge in [0, 0.05) is 16.2 Å². The molecule has 1 spiro atoms. The normalized spacial score (nSPS) is 42.2. The largest absolute Gasteiger partial charge is 0.458 e. The van der Waals surface area contributed by atoms with E-state index in [9.17, 15) is 14.7 Å². The van der Waals surface area contributed by atoms with E-state index >= 15 is 0 Å². The summed E-state index contributed by atoms with van der Waals surface area (Å²) in [6.07, 6.45) is 5.81. The van der Waals surface area contributed by atoms with E-state index < -0.39 is 6.10 Å². The molecule has 1 saturated heterocycles. The molecule has 0 aromatic heterocycles. The summed E-state index contributed by atoms with van der Waals surface area (Å²) < 4.78 is 12.2. The second-order valence-corrected chi connectivity index (χ2v) is 14.3. The third-order valence-corrected chi connectivity index (χ3v) is 12.5. The fraction of sp³-hybridized carbons (Fsp3) is 0.600. The van der Waals surface area contributed by atoms with Crippen LogP contribution in [0.3, 0.4) is 0 Å². The SMILES string of the molecule is C[C@H]1[C@H]2C[C@H]3[C@@]45CCC[C@@](C)(C[NH+](CCOC(=O)c6ccccc6)C4)[C@H]5C[C@H](OC(=O)c4ccccc4)[C@]3(C2)[C@@H]1O. The molecule has 1 aliphatic heterocycles.